The zero-order valence-electron chi connectivity index (χ0n) is 12.6. The zero-order valence-corrected chi connectivity index (χ0v) is 15.0. The van der Waals surface area contributed by atoms with Crippen molar-refractivity contribution in [1.82, 2.24) is 10.2 Å². The van der Waals surface area contributed by atoms with Crippen LogP contribution in [0.5, 0.6) is 5.75 Å². The maximum absolute atomic E-state index is 11.9. The molecule has 0 saturated carbocycles. The summed E-state index contributed by atoms with van der Waals surface area (Å²) in [7, 11) is 0. The third-order valence-electron chi connectivity index (χ3n) is 2.91. The van der Waals surface area contributed by atoms with Gasteiger partial charge in [0.15, 0.2) is 6.61 Å². The number of nitrogens with zero attached hydrogens (tertiary/aromatic N) is 2. The molecular weight excluding hydrogens is 366 g/mol. The second-order valence-corrected chi connectivity index (χ2v) is 6.62. The highest BCUT2D eigenvalue weighted by atomic mass is 79.9. The molecule has 1 heterocycles. The molecule has 118 valence electrons. The lowest BCUT2D eigenvalue weighted by atomic mass is 10.1. The number of hydrogen-bond acceptors (Lipinski definition) is 5. The van der Waals surface area contributed by atoms with Gasteiger partial charge in [-0.3, -0.25) is 10.1 Å². The number of nitrogens with one attached hydrogen (secondary N) is 1. The Morgan fingerprint density at radius 1 is 1.36 bits per heavy atom. The number of amides is 1. The molecule has 5 nitrogen and oxygen atoms in total. The SMILES string of the molecule is CCCc1ccc(OCC(=O)Nc2nnc(CC)s2)c(Br)c1. The van der Waals surface area contributed by atoms with E-state index in [9.17, 15) is 4.79 Å². The Bertz CT molecular complexity index is 645. The number of carbonyl (C=O) groups is 1. The van der Waals surface area contributed by atoms with Crippen LogP contribution >= 0.6 is 27.3 Å². The van der Waals surface area contributed by atoms with E-state index in [2.05, 4.69) is 38.4 Å². The summed E-state index contributed by atoms with van der Waals surface area (Å²) < 4.78 is 6.39. The summed E-state index contributed by atoms with van der Waals surface area (Å²) >= 11 is 4.84. The van der Waals surface area contributed by atoms with Gasteiger partial charge in [-0.15, -0.1) is 10.2 Å². The van der Waals surface area contributed by atoms with E-state index >= 15 is 0 Å². The number of rotatable bonds is 7. The first-order valence-corrected chi connectivity index (χ1v) is 8.76. The number of aryl methyl sites for hydroxylation is 2. The van der Waals surface area contributed by atoms with Crippen molar-refractivity contribution in [1.29, 1.82) is 0 Å². The number of aromatic nitrogens is 2. The van der Waals surface area contributed by atoms with Crippen molar-refractivity contribution in [2.75, 3.05) is 11.9 Å². The number of ether oxygens (including phenoxy) is 1. The molecule has 1 amide bonds. The maximum atomic E-state index is 11.9. The molecular formula is C15H18BrN3O2S. The minimum atomic E-state index is -0.247. The standard InChI is InChI=1S/C15H18BrN3O2S/c1-3-5-10-6-7-12(11(16)8-10)21-9-13(20)17-15-19-18-14(4-2)22-15/h6-8H,3-5,9H2,1-2H3,(H,17,19,20). The van der Waals surface area contributed by atoms with Crippen molar-refractivity contribution in [2.45, 2.75) is 33.1 Å². The lowest BCUT2D eigenvalue weighted by Gasteiger charge is -2.09. The zero-order chi connectivity index (χ0) is 15.9. The molecule has 0 unspecified atom stereocenters. The van der Waals surface area contributed by atoms with Crippen LogP contribution < -0.4 is 10.1 Å². The second kappa shape index (κ2) is 8.24. The van der Waals surface area contributed by atoms with E-state index in [0.29, 0.717) is 10.9 Å². The molecule has 1 aromatic carbocycles. The smallest absolute Gasteiger partial charge is 0.264 e. The molecule has 22 heavy (non-hydrogen) atoms. The van der Waals surface area contributed by atoms with Crippen LogP contribution in [0.15, 0.2) is 22.7 Å². The van der Waals surface area contributed by atoms with Gasteiger partial charge in [0.05, 0.1) is 4.47 Å². The Morgan fingerprint density at radius 2 is 2.18 bits per heavy atom. The molecule has 2 rings (SSSR count). The summed E-state index contributed by atoms with van der Waals surface area (Å²) in [6.07, 6.45) is 2.92. The van der Waals surface area contributed by atoms with Gasteiger partial charge in [0, 0.05) is 0 Å². The van der Waals surface area contributed by atoms with Gasteiger partial charge in [0.1, 0.15) is 10.8 Å². The predicted octanol–water partition coefficient (Wildman–Crippen LogP) is 3.83. The highest BCUT2D eigenvalue weighted by Gasteiger charge is 2.09. The van der Waals surface area contributed by atoms with E-state index in [1.54, 1.807) is 0 Å². The lowest BCUT2D eigenvalue weighted by Crippen LogP contribution is -2.20. The first kappa shape index (κ1) is 16.9. The van der Waals surface area contributed by atoms with Crippen LogP contribution in [0, 0.1) is 0 Å². The van der Waals surface area contributed by atoms with Crippen molar-refractivity contribution in [3.63, 3.8) is 0 Å². The molecule has 2 aromatic rings. The monoisotopic (exact) mass is 383 g/mol. The molecule has 0 bridgehead atoms. The van der Waals surface area contributed by atoms with Crippen LogP contribution in [0.25, 0.3) is 0 Å². The molecule has 7 heteroatoms. The summed E-state index contributed by atoms with van der Waals surface area (Å²) in [6.45, 7) is 4.07. The van der Waals surface area contributed by atoms with Gasteiger partial charge in [-0.2, -0.15) is 0 Å². The average molecular weight is 384 g/mol. The fourth-order valence-electron chi connectivity index (χ4n) is 1.85. The van der Waals surface area contributed by atoms with Gasteiger partial charge in [0.2, 0.25) is 5.13 Å². The van der Waals surface area contributed by atoms with E-state index in [-0.39, 0.29) is 12.5 Å². The van der Waals surface area contributed by atoms with Gasteiger partial charge in [-0.1, -0.05) is 37.7 Å². The van der Waals surface area contributed by atoms with Crippen LogP contribution in [0.1, 0.15) is 30.8 Å². The second-order valence-electron chi connectivity index (χ2n) is 4.71. The Labute approximate surface area is 142 Å². The average Bonchev–Trinajstić information content (AvgIpc) is 2.94. The highest BCUT2D eigenvalue weighted by molar-refractivity contribution is 9.10. The Kier molecular flexibility index (Phi) is 6.33. The quantitative estimate of drug-likeness (QED) is 0.788. The third kappa shape index (κ3) is 4.78. The van der Waals surface area contributed by atoms with Gasteiger partial charge >= 0.3 is 0 Å². The molecule has 0 aliphatic rings. The fraction of sp³-hybridized carbons (Fsp3) is 0.400. The molecule has 0 atom stereocenters. The van der Waals surface area contributed by atoms with Gasteiger partial charge < -0.3 is 4.74 Å². The maximum Gasteiger partial charge on any atom is 0.264 e. The van der Waals surface area contributed by atoms with E-state index in [1.807, 2.05) is 25.1 Å². The third-order valence-corrected chi connectivity index (χ3v) is 4.51. The molecule has 0 radical (unpaired) electrons. The molecule has 0 saturated heterocycles. The van der Waals surface area contributed by atoms with Crippen molar-refractivity contribution in [3.8, 4) is 5.75 Å². The molecule has 0 aliphatic heterocycles. The first-order chi connectivity index (χ1) is 10.6. The Balaban J connectivity index is 1.88. The summed E-state index contributed by atoms with van der Waals surface area (Å²) in [5.41, 5.74) is 1.24. The van der Waals surface area contributed by atoms with Crippen molar-refractivity contribution in [3.05, 3.63) is 33.2 Å². The van der Waals surface area contributed by atoms with Crippen LogP contribution in [0.2, 0.25) is 0 Å². The van der Waals surface area contributed by atoms with Gasteiger partial charge in [-0.25, -0.2) is 0 Å². The number of anilines is 1. The molecule has 0 aliphatic carbocycles. The van der Waals surface area contributed by atoms with E-state index in [0.717, 1.165) is 28.7 Å². The Morgan fingerprint density at radius 3 is 2.82 bits per heavy atom. The highest BCUT2D eigenvalue weighted by Crippen LogP contribution is 2.26. The summed E-state index contributed by atoms with van der Waals surface area (Å²) in [4.78, 5) is 11.9. The summed E-state index contributed by atoms with van der Waals surface area (Å²) in [6, 6.07) is 5.91. The van der Waals surface area contributed by atoms with Crippen molar-refractivity contribution < 1.29 is 9.53 Å². The van der Waals surface area contributed by atoms with Crippen LogP contribution in [0.4, 0.5) is 5.13 Å². The normalized spacial score (nSPS) is 10.5. The minimum absolute atomic E-state index is 0.0627. The van der Waals surface area contributed by atoms with Crippen molar-refractivity contribution >= 4 is 38.3 Å². The number of carbonyl (C=O) groups excluding carboxylic acids is 1. The van der Waals surface area contributed by atoms with E-state index in [4.69, 9.17) is 4.74 Å². The number of hydrogen-bond donors (Lipinski definition) is 1. The molecule has 0 fully saturated rings. The fourth-order valence-corrected chi connectivity index (χ4v) is 3.09. The minimum Gasteiger partial charge on any atom is -0.483 e. The van der Waals surface area contributed by atoms with Gasteiger partial charge in [-0.05, 0) is 46.5 Å². The summed E-state index contributed by atoms with van der Waals surface area (Å²) in [5, 5.41) is 11.9. The lowest BCUT2D eigenvalue weighted by molar-refractivity contribution is -0.118. The number of halogens is 1. The first-order valence-electron chi connectivity index (χ1n) is 7.15. The molecule has 0 spiro atoms. The van der Waals surface area contributed by atoms with Gasteiger partial charge in [0.25, 0.3) is 5.91 Å². The molecule has 1 aromatic heterocycles. The Hall–Kier alpha value is -1.47. The topological polar surface area (TPSA) is 64.1 Å². The predicted molar refractivity (Wildman–Crippen MR) is 91.5 cm³/mol. The van der Waals surface area contributed by atoms with Crippen LogP contribution in [-0.4, -0.2) is 22.7 Å². The van der Waals surface area contributed by atoms with E-state index < -0.39 is 0 Å². The largest absolute Gasteiger partial charge is 0.483 e. The molecule has 1 N–H and O–H groups in total. The van der Waals surface area contributed by atoms with Crippen LogP contribution in [0.3, 0.4) is 0 Å². The van der Waals surface area contributed by atoms with E-state index in [1.165, 1.54) is 16.9 Å². The van der Waals surface area contributed by atoms with Crippen LogP contribution in [-0.2, 0) is 17.6 Å². The van der Waals surface area contributed by atoms with Crippen molar-refractivity contribution in [2.24, 2.45) is 0 Å². The number of benzene rings is 1. The summed E-state index contributed by atoms with van der Waals surface area (Å²) in [5.74, 6) is 0.407.